The number of amides is 4. The zero-order chi connectivity index (χ0) is 26.6. The fourth-order valence-corrected chi connectivity index (χ4v) is 3.71. The molecule has 0 saturated heterocycles. The van der Waals surface area contributed by atoms with E-state index in [1.54, 1.807) is 20.8 Å². The van der Waals surface area contributed by atoms with Crippen molar-refractivity contribution in [3.63, 3.8) is 0 Å². The van der Waals surface area contributed by atoms with E-state index in [1.807, 2.05) is 52.0 Å². The summed E-state index contributed by atoms with van der Waals surface area (Å²) in [5.41, 5.74) is 5.84. The van der Waals surface area contributed by atoms with Crippen LogP contribution in [0.2, 0.25) is 0 Å². The topological polar surface area (TPSA) is 131 Å². The number of hydrogen-bond acceptors (Lipinski definition) is 5. The molecule has 194 valence electrons. The Balaban J connectivity index is 2.47. The van der Waals surface area contributed by atoms with E-state index in [2.05, 4.69) is 10.6 Å². The third kappa shape index (κ3) is 8.88. The molecule has 1 aromatic rings. The van der Waals surface area contributed by atoms with Gasteiger partial charge in [0.15, 0.2) is 0 Å². The van der Waals surface area contributed by atoms with Gasteiger partial charge >= 0.3 is 6.09 Å². The first-order valence-corrected chi connectivity index (χ1v) is 12.1. The minimum absolute atomic E-state index is 0.195. The molecule has 1 aliphatic rings. The normalized spacial score (nSPS) is 15.5. The third-order valence-electron chi connectivity index (χ3n) is 5.32. The van der Waals surface area contributed by atoms with Gasteiger partial charge in [0.05, 0.1) is 6.42 Å². The Morgan fingerprint density at radius 2 is 1.63 bits per heavy atom. The standard InChI is InChI=1S/C26H40N4O5/c1-8-16-9-11-17(12-10-16)21(22(32)29-25(2,3)4)30(18-13-14-18)23(33)19(15-20(27)31)28-24(34)35-26(5,6)7/h9-12,18-19,21H,8,13-15H2,1-7H3,(H2,27,31)(H,28,34)(H,29,32). The van der Waals surface area contributed by atoms with Gasteiger partial charge in [0.25, 0.3) is 0 Å². The van der Waals surface area contributed by atoms with Gasteiger partial charge in [0.2, 0.25) is 17.7 Å². The largest absolute Gasteiger partial charge is 0.444 e. The van der Waals surface area contributed by atoms with E-state index in [0.29, 0.717) is 18.4 Å². The molecule has 9 heteroatoms. The molecule has 35 heavy (non-hydrogen) atoms. The average molecular weight is 489 g/mol. The molecule has 1 aromatic carbocycles. The molecule has 0 heterocycles. The predicted molar refractivity (Wildman–Crippen MR) is 133 cm³/mol. The lowest BCUT2D eigenvalue weighted by Gasteiger charge is -2.36. The highest BCUT2D eigenvalue weighted by atomic mass is 16.6. The van der Waals surface area contributed by atoms with Crippen LogP contribution >= 0.6 is 0 Å². The summed E-state index contributed by atoms with van der Waals surface area (Å²) in [5.74, 6) is -1.64. The molecule has 1 saturated carbocycles. The predicted octanol–water partition coefficient (Wildman–Crippen LogP) is 2.96. The molecule has 0 spiro atoms. The lowest BCUT2D eigenvalue weighted by atomic mass is 9.98. The first-order valence-electron chi connectivity index (χ1n) is 12.1. The van der Waals surface area contributed by atoms with Gasteiger partial charge in [0, 0.05) is 11.6 Å². The van der Waals surface area contributed by atoms with Crippen LogP contribution in [-0.4, -0.2) is 51.9 Å². The van der Waals surface area contributed by atoms with E-state index < -0.39 is 47.6 Å². The smallest absolute Gasteiger partial charge is 0.408 e. The minimum atomic E-state index is -1.26. The molecule has 1 aliphatic carbocycles. The first kappa shape index (κ1) is 28.1. The van der Waals surface area contributed by atoms with Crippen molar-refractivity contribution < 1.29 is 23.9 Å². The Labute approximate surface area is 208 Å². The molecule has 2 atom stereocenters. The lowest BCUT2D eigenvalue weighted by molar-refractivity contribution is -0.144. The summed E-state index contributed by atoms with van der Waals surface area (Å²) in [6.45, 7) is 12.7. The van der Waals surface area contributed by atoms with Crippen LogP contribution in [0.1, 0.15) is 84.9 Å². The molecule has 0 bridgehead atoms. The summed E-state index contributed by atoms with van der Waals surface area (Å²) < 4.78 is 5.29. The molecule has 2 rings (SSSR count). The summed E-state index contributed by atoms with van der Waals surface area (Å²) in [6, 6.07) is 5.17. The van der Waals surface area contributed by atoms with Crippen LogP contribution in [0, 0.1) is 0 Å². The first-order chi connectivity index (χ1) is 16.1. The van der Waals surface area contributed by atoms with Crippen LogP contribution < -0.4 is 16.4 Å². The van der Waals surface area contributed by atoms with Crippen LogP contribution in [0.3, 0.4) is 0 Å². The maximum absolute atomic E-state index is 13.8. The second-order valence-electron chi connectivity index (χ2n) is 11.1. The third-order valence-corrected chi connectivity index (χ3v) is 5.32. The van der Waals surface area contributed by atoms with Gasteiger partial charge in [0.1, 0.15) is 17.7 Å². The summed E-state index contributed by atoms with van der Waals surface area (Å²) >= 11 is 0. The van der Waals surface area contributed by atoms with Crippen LogP contribution in [0.25, 0.3) is 0 Å². The Morgan fingerprint density at radius 1 is 1.06 bits per heavy atom. The summed E-state index contributed by atoms with van der Waals surface area (Å²) in [7, 11) is 0. The number of benzene rings is 1. The summed E-state index contributed by atoms with van der Waals surface area (Å²) in [4.78, 5) is 53.1. The highest BCUT2D eigenvalue weighted by molar-refractivity contribution is 5.95. The van der Waals surface area contributed by atoms with E-state index in [0.717, 1.165) is 12.0 Å². The van der Waals surface area contributed by atoms with Gasteiger partial charge in [-0.05, 0) is 71.9 Å². The Bertz CT molecular complexity index is 927. The minimum Gasteiger partial charge on any atom is -0.444 e. The van der Waals surface area contributed by atoms with Crippen LogP contribution in [0.15, 0.2) is 24.3 Å². The number of alkyl carbamates (subject to hydrolysis) is 1. The van der Waals surface area contributed by atoms with Crippen molar-refractivity contribution in [2.24, 2.45) is 5.73 Å². The lowest BCUT2D eigenvalue weighted by Crippen LogP contribution is -2.56. The van der Waals surface area contributed by atoms with E-state index in [1.165, 1.54) is 4.90 Å². The van der Waals surface area contributed by atoms with Crippen molar-refractivity contribution in [1.29, 1.82) is 0 Å². The molecule has 0 aromatic heterocycles. The zero-order valence-corrected chi connectivity index (χ0v) is 21.9. The van der Waals surface area contributed by atoms with Gasteiger partial charge in [-0.2, -0.15) is 0 Å². The summed E-state index contributed by atoms with van der Waals surface area (Å²) in [5, 5.41) is 5.47. The van der Waals surface area contributed by atoms with Crippen LogP contribution in [0.4, 0.5) is 4.79 Å². The molecule has 0 radical (unpaired) electrons. The zero-order valence-electron chi connectivity index (χ0n) is 21.9. The van der Waals surface area contributed by atoms with Crippen LogP contribution in [-0.2, 0) is 25.5 Å². The van der Waals surface area contributed by atoms with Crippen molar-refractivity contribution in [2.75, 3.05) is 0 Å². The fourth-order valence-electron chi connectivity index (χ4n) is 3.71. The monoisotopic (exact) mass is 488 g/mol. The highest BCUT2D eigenvalue weighted by Gasteiger charge is 2.44. The number of ether oxygens (including phenoxy) is 1. The molecular weight excluding hydrogens is 448 g/mol. The number of nitrogens with one attached hydrogen (secondary N) is 2. The van der Waals surface area contributed by atoms with Crippen molar-refractivity contribution >= 4 is 23.8 Å². The van der Waals surface area contributed by atoms with Crippen molar-refractivity contribution in [2.45, 2.75) is 103 Å². The number of rotatable bonds is 9. The molecule has 4 amide bonds. The number of nitrogens with zero attached hydrogens (tertiary/aromatic N) is 1. The fraction of sp³-hybridized carbons (Fsp3) is 0.615. The van der Waals surface area contributed by atoms with E-state index >= 15 is 0 Å². The van der Waals surface area contributed by atoms with Gasteiger partial charge in [-0.15, -0.1) is 0 Å². The van der Waals surface area contributed by atoms with Crippen molar-refractivity contribution in [1.82, 2.24) is 15.5 Å². The Hall–Kier alpha value is -3.10. The molecule has 1 fully saturated rings. The van der Waals surface area contributed by atoms with Crippen LogP contribution in [0.5, 0.6) is 0 Å². The summed E-state index contributed by atoms with van der Waals surface area (Å²) in [6.07, 6.45) is 1.02. The van der Waals surface area contributed by atoms with Gasteiger partial charge in [-0.3, -0.25) is 14.4 Å². The molecule has 2 unspecified atom stereocenters. The van der Waals surface area contributed by atoms with Crippen molar-refractivity contribution in [3.8, 4) is 0 Å². The SMILES string of the molecule is CCc1ccc(C(C(=O)NC(C)(C)C)N(C(=O)C(CC(N)=O)NC(=O)OC(C)(C)C)C2CC2)cc1. The number of hydrogen-bond donors (Lipinski definition) is 3. The molecule has 0 aliphatic heterocycles. The maximum atomic E-state index is 13.8. The van der Waals surface area contributed by atoms with Gasteiger partial charge in [-0.25, -0.2) is 4.79 Å². The number of carbonyl (C=O) groups excluding carboxylic acids is 4. The average Bonchev–Trinajstić information content (AvgIpc) is 3.53. The Morgan fingerprint density at radius 3 is 2.06 bits per heavy atom. The second kappa shape index (κ2) is 11.1. The van der Waals surface area contributed by atoms with Gasteiger partial charge < -0.3 is 26.0 Å². The van der Waals surface area contributed by atoms with E-state index in [4.69, 9.17) is 10.5 Å². The van der Waals surface area contributed by atoms with E-state index in [9.17, 15) is 19.2 Å². The second-order valence-corrected chi connectivity index (χ2v) is 11.1. The number of aryl methyl sites for hydroxylation is 1. The molecule has 4 N–H and O–H groups in total. The van der Waals surface area contributed by atoms with Gasteiger partial charge in [-0.1, -0.05) is 31.2 Å². The maximum Gasteiger partial charge on any atom is 0.408 e. The number of carbonyl (C=O) groups is 4. The number of primary amides is 1. The van der Waals surface area contributed by atoms with E-state index in [-0.39, 0.29) is 11.9 Å². The Kier molecular flexibility index (Phi) is 8.92. The van der Waals surface area contributed by atoms with Crippen molar-refractivity contribution in [3.05, 3.63) is 35.4 Å². The number of nitrogens with two attached hydrogens (primary N) is 1. The molecular formula is C26H40N4O5. The highest BCUT2D eigenvalue weighted by Crippen LogP contribution is 2.36. The quantitative estimate of drug-likeness (QED) is 0.492. The molecule has 9 nitrogen and oxygen atoms in total.